The van der Waals surface area contributed by atoms with Crippen LogP contribution in [0, 0.1) is 0 Å². The van der Waals surface area contributed by atoms with Gasteiger partial charge < -0.3 is 8.83 Å². The van der Waals surface area contributed by atoms with Gasteiger partial charge in [0.2, 0.25) is 0 Å². The first-order valence-corrected chi connectivity index (χ1v) is 28.3. The maximum atomic E-state index is 7.37. The van der Waals surface area contributed by atoms with Crippen LogP contribution in [0.2, 0.25) is 0 Å². The molecule has 0 bridgehead atoms. The second-order valence-corrected chi connectivity index (χ2v) is 22.0. The lowest BCUT2D eigenvalue weighted by Gasteiger charge is -2.20. The molecule has 0 unspecified atom stereocenters. The van der Waals surface area contributed by atoms with Crippen LogP contribution in [0.5, 0.6) is 0 Å². The van der Waals surface area contributed by atoms with Crippen molar-refractivity contribution in [3.05, 3.63) is 279 Å². The molecule has 18 aromatic rings. The molecule has 0 saturated heterocycles. The quantitative estimate of drug-likeness (QED) is 0.161. The van der Waals surface area contributed by atoms with Gasteiger partial charge >= 0.3 is 0 Å². The van der Waals surface area contributed by atoms with Crippen LogP contribution >= 0.6 is 0 Å². The summed E-state index contributed by atoms with van der Waals surface area (Å²) in [5.74, 6) is 0. The van der Waals surface area contributed by atoms with Crippen molar-refractivity contribution in [2.75, 3.05) is 0 Å². The Morgan fingerprint density at radius 2 is 0.561 bits per heavy atom. The minimum Gasteiger partial charge on any atom is -0.456 e. The molecule has 18 rings (SSSR count). The molecule has 0 aliphatic carbocycles. The summed E-state index contributed by atoms with van der Waals surface area (Å²) >= 11 is 0. The lowest BCUT2D eigenvalue weighted by atomic mass is 9.82. The summed E-state index contributed by atoms with van der Waals surface area (Å²) in [5, 5.41) is 23.7. The first kappa shape index (κ1) is 45.1. The number of furan rings is 2. The van der Waals surface area contributed by atoms with Gasteiger partial charge in [-0.3, -0.25) is 0 Å². The average Bonchev–Trinajstić information content (AvgIpc) is 3.83. The molecule has 2 nitrogen and oxygen atoms in total. The van der Waals surface area contributed by atoms with Gasteiger partial charge in [-0.1, -0.05) is 249 Å². The molecule has 0 N–H and O–H groups in total. The van der Waals surface area contributed by atoms with Gasteiger partial charge in [0.25, 0.3) is 0 Å². The molecule has 0 radical (unpaired) electrons. The van der Waals surface area contributed by atoms with Gasteiger partial charge in [-0.15, -0.1) is 0 Å². The van der Waals surface area contributed by atoms with Crippen molar-refractivity contribution in [1.29, 1.82) is 0 Å². The topological polar surface area (TPSA) is 26.3 Å². The second-order valence-electron chi connectivity index (χ2n) is 22.0. The maximum Gasteiger partial charge on any atom is 0.143 e. The second kappa shape index (κ2) is 17.3. The van der Waals surface area contributed by atoms with Gasteiger partial charge in [0.05, 0.1) is 0 Å². The van der Waals surface area contributed by atoms with Gasteiger partial charge in [-0.05, 0) is 167 Å². The Labute approximate surface area is 470 Å². The van der Waals surface area contributed by atoms with E-state index in [0.29, 0.717) is 0 Å². The summed E-state index contributed by atoms with van der Waals surface area (Å²) in [6.45, 7) is 0. The normalized spacial score (nSPS) is 12.1. The Bertz CT molecular complexity index is 5660. The standard InChI is InChI=1S/C80H46O2/c1-2-21-50-46-51(37-36-47(50)18-1)72-57-26-9-11-28-59(57)75(60-29-12-10-27-58(60)72)68-43-42-66(80-79(68)77-53-23-6-4-20-49(53)39-45-71(77)82-80)56-40-41-65(55-25-8-7-24-54(55)56)73-61-30-13-15-32-63(61)74(64-33-16-14-31-62(64)73)67-34-17-35-69-78(67)76-52-22-5-3-19-48(52)38-44-70(76)81-69/h1-46H. The van der Waals surface area contributed by atoms with E-state index in [2.05, 4.69) is 279 Å². The van der Waals surface area contributed by atoms with Gasteiger partial charge in [0, 0.05) is 27.1 Å². The summed E-state index contributed by atoms with van der Waals surface area (Å²) in [7, 11) is 0. The van der Waals surface area contributed by atoms with Crippen LogP contribution in [0.3, 0.4) is 0 Å². The molecule has 82 heavy (non-hydrogen) atoms. The fourth-order valence-corrected chi connectivity index (χ4v) is 14.4. The molecule has 2 heteroatoms. The third-order valence-electron chi connectivity index (χ3n) is 17.8. The van der Waals surface area contributed by atoms with E-state index >= 15 is 0 Å². The minimum atomic E-state index is 0.870. The zero-order valence-electron chi connectivity index (χ0n) is 44.4. The molecule has 0 atom stereocenters. The van der Waals surface area contributed by atoms with Gasteiger partial charge in [-0.2, -0.15) is 0 Å². The summed E-state index contributed by atoms with van der Waals surface area (Å²) in [6.07, 6.45) is 0. The van der Waals surface area contributed by atoms with Crippen LogP contribution in [0.1, 0.15) is 0 Å². The molecule has 0 aliphatic rings. The van der Waals surface area contributed by atoms with Crippen LogP contribution in [-0.2, 0) is 0 Å². The Morgan fingerprint density at radius 3 is 1.13 bits per heavy atom. The van der Waals surface area contributed by atoms with E-state index in [1.807, 2.05) is 0 Å². The van der Waals surface area contributed by atoms with Crippen LogP contribution in [0.4, 0.5) is 0 Å². The molecule has 2 aromatic heterocycles. The molecular weight excluding hydrogens is 993 g/mol. The molecule has 16 aromatic carbocycles. The highest BCUT2D eigenvalue weighted by Crippen LogP contribution is 2.53. The summed E-state index contributed by atoms with van der Waals surface area (Å²) < 4.78 is 14.1. The highest BCUT2D eigenvalue weighted by Gasteiger charge is 2.27. The molecule has 0 amide bonds. The lowest BCUT2D eigenvalue weighted by molar-refractivity contribution is 0.669. The van der Waals surface area contributed by atoms with E-state index in [-0.39, 0.29) is 0 Å². The van der Waals surface area contributed by atoms with Crippen molar-refractivity contribution in [3.8, 4) is 55.6 Å². The zero-order valence-corrected chi connectivity index (χ0v) is 44.4. The van der Waals surface area contributed by atoms with Crippen molar-refractivity contribution in [3.63, 3.8) is 0 Å². The van der Waals surface area contributed by atoms with E-state index in [9.17, 15) is 0 Å². The van der Waals surface area contributed by atoms with Crippen molar-refractivity contribution in [2.45, 2.75) is 0 Å². The Balaban J connectivity index is 0.891. The summed E-state index contributed by atoms with van der Waals surface area (Å²) in [6, 6.07) is 103. The van der Waals surface area contributed by atoms with Gasteiger partial charge in [0.15, 0.2) is 0 Å². The van der Waals surface area contributed by atoms with Crippen LogP contribution in [0.15, 0.2) is 288 Å². The Morgan fingerprint density at radius 1 is 0.183 bits per heavy atom. The molecule has 0 aliphatic heterocycles. The number of fused-ring (bicyclic) bond motifs is 16. The Hall–Kier alpha value is -10.8. The lowest BCUT2D eigenvalue weighted by Crippen LogP contribution is -1.93. The molecule has 0 saturated carbocycles. The number of rotatable bonds is 5. The zero-order chi connectivity index (χ0) is 53.6. The van der Waals surface area contributed by atoms with E-state index in [0.717, 1.165) is 66.0 Å². The number of hydrogen-bond donors (Lipinski definition) is 0. The summed E-state index contributed by atoms with van der Waals surface area (Å²) in [5.41, 5.74) is 15.3. The van der Waals surface area contributed by atoms with Gasteiger partial charge in [0.1, 0.15) is 22.3 Å². The average molecular weight is 1040 g/mol. The van der Waals surface area contributed by atoms with Gasteiger partial charge in [-0.25, -0.2) is 0 Å². The smallest absolute Gasteiger partial charge is 0.143 e. The highest BCUT2D eigenvalue weighted by atomic mass is 16.3. The number of benzene rings is 16. The molecule has 0 fully saturated rings. The molecule has 378 valence electrons. The van der Waals surface area contributed by atoms with Crippen molar-refractivity contribution >= 4 is 130 Å². The van der Waals surface area contributed by atoms with E-state index < -0.39 is 0 Å². The fraction of sp³-hybridized carbons (Fsp3) is 0. The molecule has 0 spiro atoms. The highest BCUT2D eigenvalue weighted by molar-refractivity contribution is 6.32. The van der Waals surface area contributed by atoms with Crippen molar-refractivity contribution in [2.24, 2.45) is 0 Å². The third-order valence-corrected chi connectivity index (χ3v) is 17.8. The van der Waals surface area contributed by atoms with Crippen LogP contribution in [-0.4, -0.2) is 0 Å². The van der Waals surface area contributed by atoms with E-state index in [4.69, 9.17) is 8.83 Å². The van der Waals surface area contributed by atoms with Crippen molar-refractivity contribution < 1.29 is 8.83 Å². The number of hydrogen-bond acceptors (Lipinski definition) is 2. The summed E-state index contributed by atoms with van der Waals surface area (Å²) in [4.78, 5) is 0. The maximum absolute atomic E-state index is 7.37. The van der Waals surface area contributed by atoms with Crippen molar-refractivity contribution in [1.82, 2.24) is 0 Å². The predicted octanol–water partition coefficient (Wildman–Crippen LogP) is 23.0. The first-order chi connectivity index (χ1) is 40.7. The SMILES string of the molecule is c1ccc2cc(-c3c4ccccc4c(-c4ccc(-c5ccc(-c6c7ccccc7c(-c7cccc8oc9ccc%10ccccc%10c9c78)c7ccccc67)c6ccccc56)c5oc6ccc7ccccc7c6c45)c4ccccc34)ccc2c1. The molecule has 2 heterocycles. The molecular formula is C80H46O2. The fourth-order valence-electron chi connectivity index (χ4n) is 14.4. The third kappa shape index (κ3) is 6.40. The minimum absolute atomic E-state index is 0.870. The van der Waals surface area contributed by atoms with E-state index in [1.165, 1.54) is 120 Å². The Kier molecular flexibility index (Phi) is 9.54. The van der Waals surface area contributed by atoms with Crippen LogP contribution in [0.25, 0.3) is 186 Å². The first-order valence-electron chi connectivity index (χ1n) is 28.3. The van der Waals surface area contributed by atoms with E-state index in [1.54, 1.807) is 0 Å². The van der Waals surface area contributed by atoms with Crippen LogP contribution < -0.4 is 0 Å². The predicted molar refractivity (Wildman–Crippen MR) is 348 cm³/mol. The largest absolute Gasteiger partial charge is 0.456 e. The monoisotopic (exact) mass is 1040 g/mol.